The molecule has 0 amide bonds. The number of nitrogens with zero attached hydrogens (tertiary/aromatic N) is 6. The molecule has 1 aromatic carbocycles. The molecule has 4 aromatic heterocycles. The fourth-order valence-electron chi connectivity index (χ4n) is 4.45. The number of hydrogen-bond acceptors (Lipinski definition) is 6. The van der Waals surface area contributed by atoms with Crippen LogP contribution >= 0.6 is 0 Å². The van der Waals surface area contributed by atoms with E-state index in [-0.39, 0.29) is 0 Å². The summed E-state index contributed by atoms with van der Waals surface area (Å²) in [4.78, 5) is 21.8. The van der Waals surface area contributed by atoms with E-state index in [4.69, 9.17) is 0 Å². The van der Waals surface area contributed by atoms with Gasteiger partial charge < -0.3 is 9.80 Å². The number of rotatable bonds is 6. The topological polar surface area (TPSA) is 58.0 Å². The third kappa shape index (κ3) is 4.41. The lowest BCUT2D eigenvalue weighted by molar-refractivity contribution is 1.15. The molecule has 6 nitrogen and oxygen atoms in total. The van der Waals surface area contributed by atoms with Gasteiger partial charge in [0.2, 0.25) is 0 Å². The van der Waals surface area contributed by atoms with Crippen LogP contribution in [0.25, 0.3) is 0 Å². The van der Waals surface area contributed by atoms with Crippen LogP contribution in [0.15, 0.2) is 98.1 Å². The average Bonchev–Trinajstić information content (AvgIpc) is 2.89. The van der Waals surface area contributed by atoms with Gasteiger partial charge in [-0.05, 0) is 92.4 Å². The molecule has 0 aliphatic rings. The minimum atomic E-state index is 1.04. The van der Waals surface area contributed by atoms with E-state index in [9.17, 15) is 0 Å². The van der Waals surface area contributed by atoms with Gasteiger partial charge in [0.15, 0.2) is 0 Å². The summed E-state index contributed by atoms with van der Waals surface area (Å²) in [6, 6.07) is 16.8. The van der Waals surface area contributed by atoms with Crippen molar-refractivity contribution >= 4 is 34.1 Å². The maximum atomic E-state index is 4.32. The third-order valence-electron chi connectivity index (χ3n) is 6.27. The van der Waals surface area contributed by atoms with E-state index in [0.29, 0.717) is 0 Å². The summed E-state index contributed by atoms with van der Waals surface area (Å²) in [6.45, 7) is 8.34. The van der Waals surface area contributed by atoms with Crippen LogP contribution in [0.2, 0.25) is 0 Å². The normalized spacial score (nSPS) is 10.8. The number of aryl methyl sites for hydroxylation is 4. The minimum absolute atomic E-state index is 1.04. The number of hydrogen-bond donors (Lipinski definition) is 0. The lowest BCUT2D eigenvalue weighted by Crippen LogP contribution is -2.16. The number of anilines is 6. The van der Waals surface area contributed by atoms with Crippen LogP contribution in [0.3, 0.4) is 0 Å². The van der Waals surface area contributed by atoms with Crippen LogP contribution in [0.5, 0.6) is 0 Å². The Labute approximate surface area is 212 Å². The van der Waals surface area contributed by atoms with Crippen molar-refractivity contribution in [1.29, 1.82) is 0 Å². The smallest absolute Gasteiger partial charge is 0.0521 e. The van der Waals surface area contributed by atoms with Gasteiger partial charge in [0, 0.05) is 60.9 Å². The van der Waals surface area contributed by atoms with E-state index < -0.39 is 0 Å². The van der Waals surface area contributed by atoms with E-state index in [2.05, 4.69) is 106 Å². The highest BCUT2D eigenvalue weighted by Gasteiger charge is 2.20. The van der Waals surface area contributed by atoms with Crippen molar-refractivity contribution in [3.63, 3.8) is 0 Å². The first-order valence-electron chi connectivity index (χ1n) is 11.9. The zero-order valence-electron chi connectivity index (χ0n) is 20.9. The quantitative estimate of drug-likeness (QED) is 0.256. The van der Waals surface area contributed by atoms with Gasteiger partial charge in [0.1, 0.15) is 0 Å². The molecule has 4 heterocycles. The summed E-state index contributed by atoms with van der Waals surface area (Å²) < 4.78 is 0. The maximum absolute atomic E-state index is 4.32. The zero-order chi connectivity index (χ0) is 25.1. The summed E-state index contributed by atoms with van der Waals surface area (Å²) in [7, 11) is 0. The van der Waals surface area contributed by atoms with Crippen molar-refractivity contribution < 1.29 is 0 Å². The zero-order valence-corrected chi connectivity index (χ0v) is 20.9. The van der Waals surface area contributed by atoms with E-state index in [0.717, 1.165) is 56.4 Å². The van der Waals surface area contributed by atoms with Gasteiger partial charge in [0.25, 0.3) is 0 Å². The first-order valence-corrected chi connectivity index (χ1v) is 11.9. The molecule has 0 unspecified atom stereocenters. The Morgan fingerprint density at radius 2 is 0.750 bits per heavy atom. The Balaban J connectivity index is 1.73. The summed E-state index contributed by atoms with van der Waals surface area (Å²) in [5.41, 5.74) is 10.7. The molecule has 0 N–H and O–H groups in total. The molecule has 0 radical (unpaired) electrons. The molecular weight excluding hydrogens is 444 g/mol. The average molecular weight is 473 g/mol. The Hall–Kier alpha value is -4.58. The van der Waals surface area contributed by atoms with Crippen LogP contribution in [0, 0.1) is 27.7 Å². The molecule has 0 saturated heterocycles. The van der Waals surface area contributed by atoms with Crippen LogP contribution in [-0.4, -0.2) is 19.9 Å². The van der Waals surface area contributed by atoms with Crippen LogP contribution < -0.4 is 9.80 Å². The second kappa shape index (κ2) is 9.96. The summed E-state index contributed by atoms with van der Waals surface area (Å²) in [6.07, 6.45) is 14.9. The standard InChI is InChI=1S/C30H28N6/c1-21-17-31-12-8-27(21)35(28-9-13-32-18-22(28)2)25-6-5-7-26(16-25)36(29-10-14-33-19-23(29)3)30-11-15-34-20-24(30)4/h5-20H,1-4H3. The lowest BCUT2D eigenvalue weighted by atomic mass is 10.1. The maximum Gasteiger partial charge on any atom is 0.0521 e. The summed E-state index contributed by atoms with van der Waals surface area (Å²) in [5.74, 6) is 0. The first-order chi connectivity index (χ1) is 17.5. The molecule has 0 aliphatic heterocycles. The Kier molecular flexibility index (Phi) is 6.41. The second-order valence-corrected chi connectivity index (χ2v) is 8.84. The minimum Gasteiger partial charge on any atom is -0.310 e. The largest absolute Gasteiger partial charge is 0.310 e. The van der Waals surface area contributed by atoms with Crippen LogP contribution in [0.4, 0.5) is 34.1 Å². The Morgan fingerprint density at radius 1 is 0.444 bits per heavy atom. The molecule has 0 aliphatic carbocycles. The van der Waals surface area contributed by atoms with E-state index in [1.807, 2.05) is 49.6 Å². The number of benzene rings is 1. The van der Waals surface area contributed by atoms with Crippen molar-refractivity contribution in [2.24, 2.45) is 0 Å². The molecule has 0 spiro atoms. The molecule has 5 rings (SSSR count). The van der Waals surface area contributed by atoms with E-state index in [1.165, 1.54) is 0 Å². The highest BCUT2D eigenvalue weighted by Crippen LogP contribution is 2.42. The van der Waals surface area contributed by atoms with Crippen molar-refractivity contribution in [2.45, 2.75) is 27.7 Å². The fourth-order valence-corrected chi connectivity index (χ4v) is 4.45. The molecule has 36 heavy (non-hydrogen) atoms. The number of aromatic nitrogens is 4. The molecule has 0 saturated carbocycles. The molecule has 5 aromatic rings. The summed E-state index contributed by atoms with van der Waals surface area (Å²) >= 11 is 0. The fraction of sp³-hybridized carbons (Fsp3) is 0.133. The number of pyridine rings is 4. The van der Waals surface area contributed by atoms with Gasteiger partial charge in [-0.2, -0.15) is 0 Å². The van der Waals surface area contributed by atoms with Gasteiger partial charge in [-0.25, -0.2) is 0 Å². The SMILES string of the molecule is Cc1cnccc1N(c1cccc(N(c2ccncc2C)c2ccncc2C)c1)c1ccncc1C. The van der Waals surface area contributed by atoms with Crippen molar-refractivity contribution in [3.05, 3.63) is 120 Å². The molecule has 178 valence electrons. The Morgan fingerprint density at radius 3 is 1.03 bits per heavy atom. The van der Waals surface area contributed by atoms with E-state index in [1.54, 1.807) is 0 Å². The van der Waals surface area contributed by atoms with Crippen molar-refractivity contribution in [3.8, 4) is 0 Å². The van der Waals surface area contributed by atoms with Gasteiger partial charge in [-0.15, -0.1) is 0 Å². The highest BCUT2D eigenvalue weighted by atomic mass is 15.2. The van der Waals surface area contributed by atoms with Crippen LogP contribution in [-0.2, 0) is 0 Å². The van der Waals surface area contributed by atoms with Crippen LogP contribution in [0.1, 0.15) is 22.3 Å². The predicted molar refractivity (Wildman–Crippen MR) is 146 cm³/mol. The predicted octanol–water partition coefficient (Wildman–Crippen LogP) is 7.44. The van der Waals surface area contributed by atoms with Crippen molar-refractivity contribution in [1.82, 2.24) is 19.9 Å². The Bertz CT molecular complexity index is 1310. The molecule has 0 fully saturated rings. The van der Waals surface area contributed by atoms with Crippen molar-refractivity contribution in [2.75, 3.05) is 9.80 Å². The van der Waals surface area contributed by atoms with Gasteiger partial charge in [-0.1, -0.05) is 6.07 Å². The summed E-state index contributed by atoms with van der Waals surface area (Å²) in [5, 5.41) is 0. The van der Waals surface area contributed by atoms with Gasteiger partial charge in [-0.3, -0.25) is 19.9 Å². The highest BCUT2D eigenvalue weighted by molar-refractivity contribution is 5.85. The molecule has 0 bridgehead atoms. The first kappa shape index (κ1) is 23.2. The van der Waals surface area contributed by atoms with Gasteiger partial charge >= 0.3 is 0 Å². The molecule has 0 atom stereocenters. The molecule has 6 heteroatoms. The third-order valence-corrected chi connectivity index (χ3v) is 6.27. The monoisotopic (exact) mass is 472 g/mol. The lowest BCUT2D eigenvalue weighted by Gasteiger charge is -2.31. The van der Waals surface area contributed by atoms with E-state index >= 15 is 0 Å². The molecular formula is C30H28N6. The van der Waals surface area contributed by atoms with Gasteiger partial charge in [0.05, 0.1) is 22.7 Å². The second-order valence-electron chi connectivity index (χ2n) is 8.84.